The van der Waals surface area contributed by atoms with Crippen LogP contribution in [0.2, 0.25) is 5.15 Å². The number of nitrogens with zero attached hydrogens (tertiary/aromatic N) is 2. The minimum atomic E-state index is -0.751. The van der Waals surface area contributed by atoms with E-state index in [1.54, 1.807) is 6.92 Å². The molecule has 7 nitrogen and oxygen atoms in total. The summed E-state index contributed by atoms with van der Waals surface area (Å²) in [5, 5.41) is 10.9. The summed E-state index contributed by atoms with van der Waals surface area (Å²) in [5.74, 6) is -1.19. The number of pyridine rings is 1. The molecule has 0 fully saturated rings. The van der Waals surface area contributed by atoms with Crippen molar-refractivity contribution < 1.29 is 19.5 Å². The number of nitro groups is 1. The van der Waals surface area contributed by atoms with E-state index in [2.05, 4.69) is 14.8 Å². The third-order valence-corrected chi connectivity index (χ3v) is 2.00. The van der Waals surface area contributed by atoms with E-state index in [1.807, 2.05) is 0 Å². The lowest BCUT2D eigenvalue weighted by molar-refractivity contribution is -0.389. The van der Waals surface area contributed by atoms with Gasteiger partial charge < -0.3 is 0 Å². The number of hydrogen-bond donors (Lipinski definition) is 0. The lowest BCUT2D eigenvalue weighted by Crippen LogP contribution is -2.07. The monoisotopic (exact) mass is 260 g/mol. The van der Waals surface area contributed by atoms with Gasteiger partial charge in [0.25, 0.3) is 0 Å². The number of hydrogen-bond acceptors (Lipinski definition) is 6. The standard InChI is InChI=1S/C9H9ClN2O5/c1-3-6-4-7(10)11-9(8(6)12(14)15)17-16-5(2)13/h4H,3H2,1-2H3. The van der Waals surface area contributed by atoms with E-state index in [9.17, 15) is 14.9 Å². The molecule has 1 aromatic rings. The van der Waals surface area contributed by atoms with Crippen molar-refractivity contribution in [1.82, 2.24) is 4.98 Å². The maximum atomic E-state index is 10.9. The first-order valence-electron chi connectivity index (χ1n) is 4.64. The fourth-order valence-corrected chi connectivity index (χ4v) is 1.36. The van der Waals surface area contributed by atoms with E-state index < -0.39 is 16.8 Å². The Balaban J connectivity index is 3.20. The summed E-state index contributed by atoms with van der Waals surface area (Å²) in [4.78, 5) is 33.1. The molecule has 17 heavy (non-hydrogen) atoms. The molecule has 0 saturated heterocycles. The molecule has 0 aliphatic heterocycles. The van der Waals surface area contributed by atoms with Crippen LogP contribution in [0, 0.1) is 10.1 Å². The molecule has 92 valence electrons. The van der Waals surface area contributed by atoms with Gasteiger partial charge in [0, 0.05) is 12.5 Å². The van der Waals surface area contributed by atoms with Crippen molar-refractivity contribution >= 4 is 23.3 Å². The Bertz CT molecular complexity index is 463. The molecule has 0 atom stereocenters. The summed E-state index contributed by atoms with van der Waals surface area (Å²) in [7, 11) is 0. The molecule has 0 N–H and O–H groups in total. The van der Waals surface area contributed by atoms with Gasteiger partial charge in [0.2, 0.25) is 0 Å². The molecule has 8 heteroatoms. The predicted molar refractivity (Wildman–Crippen MR) is 57.7 cm³/mol. The normalized spacial score (nSPS) is 9.82. The number of halogens is 1. The zero-order chi connectivity index (χ0) is 13.0. The molecule has 0 spiro atoms. The molecular weight excluding hydrogens is 252 g/mol. The van der Waals surface area contributed by atoms with E-state index in [1.165, 1.54) is 6.07 Å². The van der Waals surface area contributed by atoms with Gasteiger partial charge in [-0.3, -0.25) is 15.0 Å². The fourth-order valence-electron chi connectivity index (χ4n) is 1.15. The summed E-state index contributed by atoms with van der Waals surface area (Å²) >= 11 is 5.67. The van der Waals surface area contributed by atoms with E-state index in [0.29, 0.717) is 12.0 Å². The molecule has 0 saturated carbocycles. The van der Waals surface area contributed by atoms with E-state index >= 15 is 0 Å². The second-order valence-electron chi connectivity index (χ2n) is 3.03. The van der Waals surface area contributed by atoms with Crippen LogP contribution in [0.1, 0.15) is 19.4 Å². The van der Waals surface area contributed by atoms with E-state index in [-0.39, 0.29) is 10.8 Å². The maximum absolute atomic E-state index is 10.9. The molecule has 0 aromatic carbocycles. The van der Waals surface area contributed by atoms with Crippen LogP contribution in [0.25, 0.3) is 0 Å². The summed E-state index contributed by atoms with van der Waals surface area (Å²) in [6, 6.07) is 1.36. The predicted octanol–water partition coefficient (Wildman–Crippen LogP) is 2.06. The Labute approximate surface area is 101 Å². The Morgan fingerprint density at radius 1 is 1.65 bits per heavy atom. The SMILES string of the molecule is CCc1cc(Cl)nc(OOC(C)=O)c1[N+](=O)[O-]. The van der Waals surface area contributed by atoms with Crippen molar-refractivity contribution in [3.05, 3.63) is 26.9 Å². The van der Waals surface area contributed by atoms with Crippen LogP contribution in [0.4, 0.5) is 5.69 Å². The van der Waals surface area contributed by atoms with Crippen LogP contribution in [-0.4, -0.2) is 15.9 Å². The molecular formula is C9H9ClN2O5. The second kappa shape index (κ2) is 5.44. The highest BCUT2D eigenvalue weighted by Crippen LogP contribution is 2.31. The first-order valence-corrected chi connectivity index (χ1v) is 5.02. The van der Waals surface area contributed by atoms with Gasteiger partial charge in [0.1, 0.15) is 5.15 Å². The van der Waals surface area contributed by atoms with Crippen molar-refractivity contribution in [2.24, 2.45) is 0 Å². The Morgan fingerprint density at radius 3 is 2.76 bits per heavy atom. The van der Waals surface area contributed by atoms with Crippen LogP contribution in [0.5, 0.6) is 5.88 Å². The van der Waals surface area contributed by atoms with Gasteiger partial charge in [-0.05, 0) is 12.5 Å². The van der Waals surface area contributed by atoms with Gasteiger partial charge in [0.05, 0.1) is 4.92 Å². The highest BCUT2D eigenvalue weighted by Gasteiger charge is 2.25. The van der Waals surface area contributed by atoms with Crippen LogP contribution >= 0.6 is 11.6 Å². The third-order valence-electron chi connectivity index (χ3n) is 1.81. The summed E-state index contributed by atoms with van der Waals surface area (Å²) in [6.45, 7) is 2.81. The van der Waals surface area contributed by atoms with Gasteiger partial charge in [-0.2, -0.15) is 4.98 Å². The molecule has 0 radical (unpaired) electrons. The van der Waals surface area contributed by atoms with Gasteiger partial charge in [0.15, 0.2) is 0 Å². The van der Waals surface area contributed by atoms with Crippen LogP contribution in [0.15, 0.2) is 6.07 Å². The van der Waals surface area contributed by atoms with Crippen molar-refractivity contribution in [3.8, 4) is 5.88 Å². The first kappa shape index (κ1) is 13.2. The van der Waals surface area contributed by atoms with Crippen molar-refractivity contribution in [2.75, 3.05) is 0 Å². The minimum Gasteiger partial charge on any atom is -0.258 e. The van der Waals surface area contributed by atoms with Crippen molar-refractivity contribution in [2.45, 2.75) is 20.3 Å². The molecule has 1 heterocycles. The Morgan fingerprint density at radius 2 is 2.29 bits per heavy atom. The number of carbonyl (C=O) groups is 1. The smallest absolute Gasteiger partial charge is 0.258 e. The average Bonchev–Trinajstić information content (AvgIpc) is 2.24. The Hall–Kier alpha value is -1.89. The molecule has 1 rings (SSSR count). The van der Waals surface area contributed by atoms with Crippen LogP contribution < -0.4 is 4.89 Å². The quantitative estimate of drug-likeness (QED) is 0.356. The second-order valence-corrected chi connectivity index (χ2v) is 3.41. The number of aromatic nitrogens is 1. The highest BCUT2D eigenvalue weighted by molar-refractivity contribution is 6.29. The zero-order valence-electron chi connectivity index (χ0n) is 9.10. The zero-order valence-corrected chi connectivity index (χ0v) is 9.85. The number of aryl methyl sites for hydroxylation is 1. The van der Waals surface area contributed by atoms with E-state index in [0.717, 1.165) is 6.92 Å². The number of carbonyl (C=O) groups excluding carboxylic acids is 1. The maximum Gasteiger partial charge on any atom is 0.352 e. The topological polar surface area (TPSA) is 91.6 Å². The molecule has 0 aliphatic rings. The Kier molecular flexibility index (Phi) is 4.22. The van der Waals surface area contributed by atoms with Gasteiger partial charge in [-0.25, -0.2) is 9.68 Å². The first-order chi connectivity index (χ1) is 7.95. The summed E-state index contributed by atoms with van der Waals surface area (Å²) < 4.78 is 0. The molecule has 0 unspecified atom stereocenters. The third kappa shape index (κ3) is 3.28. The molecule has 0 amide bonds. The average molecular weight is 261 g/mol. The molecule has 1 aromatic heterocycles. The molecule has 0 aliphatic carbocycles. The van der Waals surface area contributed by atoms with Crippen molar-refractivity contribution in [1.29, 1.82) is 0 Å². The largest absolute Gasteiger partial charge is 0.352 e. The van der Waals surface area contributed by atoms with Crippen molar-refractivity contribution in [3.63, 3.8) is 0 Å². The van der Waals surface area contributed by atoms with Gasteiger partial charge in [-0.1, -0.05) is 18.5 Å². The van der Waals surface area contributed by atoms with E-state index in [4.69, 9.17) is 11.6 Å². The highest BCUT2D eigenvalue weighted by atomic mass is 35.5. The lowest BCUT2D eigenvalue weighted by Gasteiger charge is -2.05. The van der Waals surface area contributed by atoms with Crippen LogP contribution in [0.3, 0.4) is 0 Å². The summed E-state index contributed by atoms with van der Waals surface area (Å²) in [6.07, 6.45) is 0.370. The minimum absolute atomic E-state index is 0.0228. The fraction of sp³-hybridized carbons (Fsp3) is 0.333. The number of rotatable bonds is 4. The van der Waals surface area contributed by atoms with Gasteiger partial charge >= 0.3 is 17.5 Å². The lowest BCUT2D eigenvalue weighted by atomic mass is 10.2. The van der Waals surface area contributed by atoms with Crippen LogP contribution in [-0.2, 0) is 16.1 Å². The summed E-state index contributed by atoms with van der Waals surface area (Å²) in [5.41, 5.74) is -0.0182. The molecule has 0 bridgehead atoms. The van der Waals surface area contributed by atoms with Gasteiger partial charge in [-0.15, -0.1) is 0 Å².